The number of hydrogen-bond acceptors (Lipinski definition) is 6. The first-order valence-electron chi connectivity index (χ1n) is 9.92. The Morgan fingerprint density at radius 2 is 1.76 bits per heavy atom. The summed E-state index contributed by atoms with van der Waals surface area (Å²) in [4.78, 5) is 7.85. The zero-order valence-electron chi connectivity index (χ0n) is 16.4. The van der Waals surface area contributed by atoms with Crippen molar-refractivity contribution in [2.75, 3.05) is 43.4 Å². The predicted octanol–water partition coefficient (Wildman–Crippen LogP) is 3.57. The van der Waals surface area contributed by atoms with Crippen LogP contribution >= 0.6 is 0 Å². The molecule has 3 heterocycles. The second kappa shape index (κ2) is 8.16. The van der Waals surface area contributed by atoms with Gasteiger partial charge in [0.2, 0.25) is 0 Å². The van der Waals surface area contributed by atoms with E-state index in [1.807, 2.05) is 40.3 Å². The molecule has 4 rings (SSSR count). The van der Waals surface area contributed by atoms with Gasteiger partial charge < -0.3 is 0 Å². The molecule has 1 aromatic carbocycles. The highest BCUT2D eigenvalue weighted by atomic mass is 19.4. The normalized spacial score (nSPS) is 17.8. The summed E-state index contributed by atoms with van der Waals surface area (Å²) in [6.45, 7) is 2.46. The van der Waals surface area contributed by atoms with Crippen molar-refractivity contribution in [1.29, 1.82) is 0 Å². The zero-order valence-corrected chi connectivity index (χ0v) is 16.4. The summed E-state index contributed by atoms with van der Waals surface area (Å²) >= 11 is 0. The molecule has 0 aliphatic carbocycles. The number of rotatable bonds is 5. The molecule has 2 aliphatic heterocycles. The minimum absolute atomic E-state index is 0.0634. The van der Waals surface area contributed by atoms with Crippen molar-refractivity contribution in [3.63, 3.8) is 0 Å². The van der Waals surface area contributed by atoms with Crippen LogP contribution in [0.15, 0.2) is 36.7 Å². The SMILES string of the molecule is CN(CCc1ccccc1)N1CN(N2CCCCC2)c2c1ncnc2C(F)(F)F. The van der Waals surface area contributed by atoms with E-state index < -0.39 is 11.9 Å². The fourth-order valence-electron chi connectivity index (χ4n) is 3.94. The Morgan fingerprint density at radius 3 is 2.45 bits per heavy atom. The molecule has 1 fully saturated rings. The summed E-state index contributed by atoms with van der Waals surface area (Å²) in [6, 6.07) is 10.0. The average Bonchev–Trinajstić information content (AvgIpc) is 3.12. The summed E-state index contributed by atoms with van der Waals surface area (Å²) in [5.41, 5.74) is 0.380. The Bertz CT molecular complexity index is 823. The van der Waals surface area contributed by atoms with Gasteiger partial charge in [0.15, 0.2) is 11.5 Å². The van der Waals surface area contributed by atoms with E-state index >= 15 is 0 Å². The highest BCUT2D eigenvalue weighted by Gasteiger charge is 2.44. The third-order valence-electron chi connectivity index (χ3n) is 5.49. The third-order valence-corrected chi connectivity index (χ3v) is 5.49. The molecule has 0 amide bonds. The van der Waals surface area contributed by atoms with Crippen molar-refractivity contribution < 1.29 is 13.2 Å². The van der Waals surface area contributed by atoms with Crippen LogP contribution in [-0.4, -0.2) is 53.3 Å². The number of anilines is 2. The van der Waals surface area contributed by atoms with E-state index in [0.29, 0.717) is 19.0 Å². The largest absolute Gasteiger partial charge is 0.435 e. The van der Waals surface area contributed by atoms with Gasteiger partial charge in [-0.25, -0.2) is 20.0 Å². The molecule has 0 unspecified atom stereocenters. The van der Waals surface area contributed by atoms with E-state index in [4.69, 9.17) is 0 Å². The topological polar surface area (TPSA) is 38.7 Å². The fraction of sp³-hybridized carbons (Fsp3) is 0.500. The van der Waals surface area contributed by atoms with Crippen LogP contribution in [0.4, 0.5) is 24.7 Å². The highest BCUT2D eigenvalue weighted by Crippen LogP contribution is 2.44. The van der Waals surface area contributed by atoms with Crippen LogP contribution in [0.5, 0.6) is 0 Å². The Morgan fingerprint density at radius 1 is 1.03 bits per heavy atom. The number of aromatic nitrogens is 2. The Hall–Kier alpha value is -2.39. The quantitative estimate of drug-likeness (QED) is 0.756. The van der Waals surface area contributed by atoms with Crippen molar-refractivity contribution in [2.24, 2.45) is 0 Å². The van der Waals surface area contributed by atoms with Gasteiger partial charge in [0.25, 0.3) is 0 Å². The lowest BCUT2D eigenvalue weighted by molar-refractivity contribution is -0.140. The number of alkyl halides is 3. The van der Waals surface area contributed by atoms with Gasteiger partial charge in [0, 0.05) is 26.7 Å². The maximum absolute atomic E-state index is 13.7. The summed E-state index contributed by atoms with van der Waals surface area (Å²) in [5.74, 6) is 0.313. The lowest BCUT2D eigenvalue weighted by atomic mass is 10.1. The minimum Gasteiger partial charge on any atom is -0.279 e. The molecule has 6 nitrogen and oxygen atoms in total. The highest BCUT2D eigenvalue weighted by molar-refractivity contribution is 5.74. The van der Waals surface area contributed by atoms with Crippen LogP contribution in [0.2, 0.25) is 0 Å². The molecule has 2 aromatic rings. The Balaban J connectivity index is 1.61. The molecular formula is C20H25F3N6. The molecule has 9 heteroatoms. The van der Waals surface area contributed by atoms with Crippen molar-refractivity contribution in [3.05, 3.63) is 47.9 Å². The molecule has 1 saturated heterocycles. The number of halogens is 3. The summed E-state index contributed by atoms with van der Waals surface area (Å²) in [5, 5.41) is 7.50. The fourth-order valence-corrected chi connectivity index (χ4v) is 3.94. The maximum Gasteiger partial charge on any atom is 0.435 e. The van der Waals surface area contributed by atoms with Gasteiger partial charge in [-0.3, -0.25) is 10.0 Å². The zero-order chi connectivity index (χ0) is 20.4. The lowest BCUT2D eigenvalue weighted by Crippen LogP contribution is -2.50. The second-order valence-corrected chi connectivity index (χ2v) is 7.46. The molecule has 2 aliphatic rings. The van der Waals surface area contributed by atoms with E-state index in [2.05, 4.69) is 22.1 Å². The molecule has 0 N–H and O–H groups in total. The average molecular weight is 406 g/mol. The van der Waals surface area contributed by atoms with Gasteiger partial charge in [-0.15, -0.1) is 0 Å². The second-order valence-electron chi connectivity index (χ2n) is 7.46. The van der Waals surface area contributed by atoms with Crippen molar-refractivity contribution in [1.82, 2.24) is 20.0 Å². The Labute approximate surface area is 168 Å². The lowest BCUT2D eigenvalue weighted by Gasteiger charge is -2.37. The summed E-state index contributed by atoms with van der Waals surface area (Å²) in [7, 11) is 1.89. The summed E-state index contributed by atoms with van der Waals surface area (Å²) < 4.78 is 41.1. The number of hydrogen-bond donors (Lipinski definition) is 0. The van der Waals surface area contributed by atoms with E-state index in [1.54, 1.807) is 5.01 Å². The first-order chi connectivity index (χ1) is 13.9. The number of hydrazine groups is 2. The molecule has 1 aromatic heterocycles. The van der Waals surface area contributed by atoms with E-state index in [9.17, 15) is 13.2 Å². The van der Waals surface area contributed by atoms with Gasteiger partial charge >= 0.3 is 6.18 Å². The predicted molar refractivity (Wildman–Crippen MR) is 105 cm³/mol. The minimum atomic E-state index is -4.53. The van der Waals surface area contributed by atoms with Gasteiger partial charge in [0.1, 0.15) is 18.7 Å². The van der Waals surface area contributed by atoms with E-state index in [1.165, 1.54) is 5.56 Å². The van der Waals surface area contributed by atoms with E-state index in [-0.39, 0.29) is 5.69 Å². The number of piperidine rings is 1. The van der Waals surface area contributed by atoms with Crippen molar-refractivity contribution >= 4 is 11.5 Å². The van der Waals surface area contributed by atoms with E-state index in [0.717, 1.165) is 45.1 Å². The van der Waals surface area contributed by atoms with Gasteiger partial charge in [-0.05, 0) is 24.8 Å². The van der Waals surface area contributed by atoms with Gasteiger partial charge in [-0.2, -0.15) is 13.2 Å². The number of benzene rings is 1. The van der Waals surface area contributed by atoms with Crippen molar-refractivity contribution in [2.45, 2.75) is 31.9 Å². The number of nitrogens with zero attached hydrogens (tertiary/aromatic N) is 6. The van der Waals surface area contributed by atoms with Crippen molar-refractivity contribution in [3.8, 4) is 0 Å². The number of fused-ring (bicyclic) bond motifs is 1. The number of likely N-dealkylation sites (N-methyl/N-ethyl adjacent to an activating group) is 1. The smallest absolute Gasteiger partial charge is 0.279 e. The molecule has 0 spiro atoms. The monoisotopic (exact) mass is 406 g/mol. The third kappa shape index (κ3) is 4.16. The maximum atomic E-state index is 13.7. The molecule has 0 saturated carbocycles. The van der Waals surface area contributed by atoms with Crippen LogP contribution < -0.4 is 10.0 Å². The first kappa shape index (κ1) is 19.9. The van der Waals surface area contributed by atoms with Gasteiger partial charge in [-0.1, -0.05) is 36.8 Å². The molecule has 0 bridgehead atoms. The molecule has 0 radical (unpaired) electrons. The molecule has 0 atom stereocenters. The Kier molecular flexibility index (Phi) is 5.60. The molecule has 29 heavy (non-hydrogen) atoms. The van der Waals surface area contributed by atoms with Crippen LogP contribution in [0.25, 0.3) is 0 Å². The van der Waals surface area contributed by atoms with Gasteiger partial charge in [0.05, 0.1) is 0 Å². The first-order valence-corrected chi connectivity index (χ1v) is 9.92. The summed E-state index contributed by atoms with van der Waals surface area (Å²) in [6.07, 6.45) is 0.341. The molecular weight excluding hydrogens is 381 g/mol. The van der Waals surface area contributed by atoms with Crippen LogP contribution in [-0.2, 0) is 12.6 Å². The van der Waals surface area contributed by atoms with Crippen LogP contribution in [0.1, 0.15) is 30.5 Å². The van der Waals surface area contributed by atoms with Crippen LogP contribution in [0, 0.1) is 0 Å². The molecule has 156 valence electrons. The standard InChI is InChI=1S/C20H25F3N6/c1-26(13-10-16-8-4-2-5-9-16)29-15-28(27-11-6-3-7-12-27)17-18(20(21,22)23)24-14-25-19(17)29/h2,4-5,8-9,14H,3,6-7,10-13,15H2,1H3. The van der Waals surface area contributed by atoms with Crippen LogP contribution in [0.3, 0.4) is 0 Å².